The molecule has 0 radical (unpaired) electrons. The van der Waals surface area contributed by atoms with Gasteiger partial charge in [0.15, 0.2) is 0 Å². The minimum Gasteiger partial charge on any atom is -0.462 e. The van der Waals surface area contributed by atoms with Crippen LogP contribution >= 0.6 is 0 Å². The lowest BCUT2D eigenvalue weighted by molar-refractivity contribution is 0.0210. The van der Waals surface area contributed by atoms with Crippen molar-refractivity contribution in [3.05, 3.63) is 29.3 Å². The minimum atomic E-state index is -0.468. The van der Waals surface area contributed by atoms with Crippen molar-refractivity contribution in [1.29, 1.82) is 0 Å². The highest BCUT2D eigenvalue weighted by atomic mass is 16.6. The maximum Gasteiger partial charge on any atom is 0.410 e. The Labute approximate surface area is 155 Å². The molecule has 1 N–H and O–H groups in total. The smallest absolute Gasteiger partial charge is 0.410 e. The number of piperidine rings is 1. The average molecular weight is 362 g/mol. The first-order chi connectivity index (χ1) is 12.2. The van der Waals surface area contributed by atoms with Gasteiger partial charge in [0, 0.05) is 24.8 Å². The van der Waals surface area contributed by atoms with Crippen molar-refractivity contribution in [2.75, 3.05) is 25.0 Å². The second-order valence-corrected chi connectivity index (χ2v) is 7.64. The maximum atomic E-state index is 12.1. The van der Waals surface area contributed by atoms with Crippen molar-refractivity contribution in [1.82, 2.24) is 4.90 Å². The van der Waals surface area contributed by atoms with Crippen LogP contribution in [0.25, 0.3) is 0 Å². The van der Waals surface area contributed by atoms with Crippen LogP contribution in [0.3, 0.4) is 0 Å². The molecule has 1 aromatic rings. The number of carbonyl (C=O) groups excluding carboxylic acids is 2. The highest BCUT2D eigenvalue weighted by Gasteiger charge is 2.27. The van der Waals surface area contributed by atoms with Crippen LogP contribution < -0.4 is 5.32 Å². The van der Waals surface area contributed by atoms with Gasteiger partial charge in [-0.2, -0.15) is 0 Å². The van der Waals surface area contributed by atoms with Gasteiger partial charge < -0.3 is 19.7 Å². The lowest BCUT2D eigenvalue weighted by Crippen LogP contribution is -2.44. The number of nitrogens with one attached hydrogen (secondary N) is 1. The van der Waals surface area contributed by atoms with E-state index in [4.69, 9.17) is 9.47 Å². The van der Waals surface area contributed by atoms with E-state index >= 15 is 0 Å². The van der Waals surface area contributed by atoms with Crippen LogP contribution in [0.2, 0.25) is 0 Å². The Kier molecular flexibility index (Phi) is 6.51. The molecule has 2 rings (SSSR count). The van der Waals surface area contributed by atoms with E-state index in [1.807, 2.05) is 39.8 Å². The monoisotopic (exact) mass is 362 g/mol. The van der Waals surface area contributed by atoms with Crippen molar-refractivity contribution < 1.29 is 19.1 Å². The largest absolute Gasteiger partial charge is 0.462 e. The van der Waals surface area contributed by atoms with Crippen LogP contribution in [-0.4, -0.2) is 48.3 Å². The highest BCUT2D eigenvalue weighted by Crippen LogP contribution is 2.22. The van der Waals surface area contributed by atoms with Crippen molar-refractivity contribution >= 4 is 17.7 Å². The lowest BCUT2D eigenvalue weighted by Gasteiger charge is -2.34. The molecule has 0 aromatic heterocycles. The molecule has 6 heteroatoms. The predicted molar refractivity (Wildman–Crippen MR) is 102 cm³/mol. The molecule has 0 aliphatic carbocycles. The number of carbonyl (C=O) groups is 2. The molecule has 0 bridgehead atoms. The average Bonchev–Trinajstić information content (AvgIpc) is 2.56. The van der Waals surface area contributed by atoms with E-state index in [-0.39, 0.29) is 12.1 Å². The van der Waals surface area contributed by atoms with Crippen molar-refractivity contribution in [2.24, 2.45) is 0 Å². The van der Waals surface area contributed by atoms with E-state index < -0.39 is 5.60 Å². The van der Waals surface area contributed by atoms with Gasteiger partial charge in [0.1, 0.15) is 5.60 Å². The molecule has 6 nitrogen and oxygen atoms in total. The van der Waals surface area contributed by atoms with E-state index in [0.29, 0.717) is 31.3 Å². The fourth-order valence-electron chi connectivity index (χ4n) is 2.92. The number of hydrogen-bond acceptors (Lipinski definition) is 5. The molecule has 1 saturated heterocycles. The lowest BCUT2D eigenvalue weighted by atomic mass is 10.0. The molecule has 1 amide bonds. The van der Waals surface area contributed by atoms with E-state index in [1.165, 1.54) is 0 Å². The molecule has 0 spiro atoms. The Morgan fingerprint density at radius 3 is 2.42 bits per heavy atom. The Balaban J connectivity index is 1.89. The summed E-state index contributed by atoms with van der Waals surface area (Å²) < 4.78 is 10.5. The van der Waals surface area contributed by atoms with Gasteiger partial charge in [-0.1, -0.05) is 0 Å². The number of anilines is 1. The summed E-state index contributed by atoms with van der Waals surface area (Å²) in [4.78, 5) is 25.7. The first-order valence-corrected chi connectivity index (χ1v) is 9.22. The zero-order valence-electron chi connectivity index (χ0n) is 16.4. The number of rotatable bonds is 4. The number of hydrogen-bond donors (Lipinski definition) is 1. The third-order valence-corrected chi connectivity index (χ3v) is 4.24. The van der Waals surface area contributed by atoms with Crippen molar-refractivity contribution in [3.8, 4) is 0 Å². The quantitative estimate of drug-likeness (QED) is 0.821. The number of nitrogens with zero attached hydrogens (tertiary/aromatic N) is 1. The standard InChI is InChI=1S/C20H30N2O4/c1-6-25-18(23)15-7-8-17(14(2)13-15)21-16-9-11-22(12-10-16)19(24)26-20(3,4)5/h7-8,13,16,21H,6,9-12H2,1-5H3. The molecule has 144 valence electrons. The van der Waals surface area contributed by atoms with Gasteiger partial charge in [0.05, 0.1) is 12.2 Å². The summed E-state index contributed by atoms with van der Waals surface area (Å²) in [6.07, 6.45) is 1.47. The van der Waals surface area contributed by atoms with E-state index in [1.54, 1.807) is 17.9 Å². The molecule has 0 atom stereocenters. The number of esters is 1. The van der Waals surface area contributed by atoms with Gasteiger partial charge in [-0.15, -0.1) is 0 Å². The molecule has 0 saturated carbocycles. The molecular formula is C20H30N2O4. The normalized spacial score (nSPS) is 15.5. The Morgan fingerprint density at radius 1 is 1.23 bits per heavy atom. The minimum absolute atomic E-state index is 0.245. The molecular weight excluding hydrogens is 332 g/mol. The highest BCUT2D eigenvalue weighted by molar-refractivity contribution is 5.90. The summed E-state index contributed by atoms with van der Waals surface area (Å²) in [7, 11) is 0. The zero-order valence-corrected chi connectivity index (χ0v) is 16.4. The summed E-state index contributed by atoms with van der Waals surface area (Å²) in [6, 6.07) is 5.84. The van der Waals surface area contributed by atoms with Crippen LogP contribution in [-0.2, 0) is 9.47 Å². The first-order valence-electron chi connectivity index (χ1n) is 9.22. The second-order valence-electron chi connectivity index (χ2n) is 7.64. The second kappa shape index (κ2) is 8.43. The third-order valence-electron chi connectivity index (χ3n) is 4.24. The zero-order chi connectivity index (χ0) is 19.3. The predicted octanol–water partition coefficient (Wildman–Crippen LogP) is 3.98. The fourth-order valence-corrected chi connectivity index (χ4v) is 2.92. The van der Waals surface area contributed by atoms with Crippen LogP contribution in [0.4, 0.5) is 10.5 Å². The Morgan fingerprint density at radius 2 is 1.88 bits per heavy atom. The van der Waals surface area contributed by atoms with Gasteiger partial charge in [0.25, 0.3) is 0 Å². The van der Waals surface area contributed by atoms with Gasteiger partial charge in [-0.3, -0.25) is 0 Å². The molecule has 0 unspecified atom stereocenters. The molecule has 1 aliphatic heterocycles. The molecule has 26 heavy (non-hydrogen) atoms. The topological polar surface area (TPSA) is 67.9 Å². The molecule has 1 aliphatic rings. The van der Waals surface area contributed by atoms with Crippen LogP contribution in [0.15, 0.2) is 18.2 Å². The van der Waals surface area contributed by atoms with Crippen molar-refractivity contribution in [3.63, 3.8) is 0 Å². The van der Waals surface area contributed by atoms with E-state index in [2.05, 4.69) is 5.32 Å². The van der Waals surface area contributed by atoms with E-state index in [9.17, 15) is 9.59 Å². The van der Waals surface area contributed by atoms with Gasteiger partial charge in [-0.25, -0.2) is 9.59 Å². The number of benzene rings is 1. The maximum absolute atomic E-state index is 12.1. The summed E-state index contributed by atoms with van der Waals surface area (Å²) in [5, 5.41) is 3.52. The summed E-state index contributed by atoms with van der Waals surface area (Å²) in [6.45, 7) is 11.1. The number of ether oxygens (including phenoxy) is 2. The van der Waals surface area contributed by atoms with E-state index in [0.717, 1.165) is 24.1 Å². The van der Waals surface area contributed by atoms with Crippen LogP contribution in [0, 0.1) is 6.92 Å². The summed E-state index contributed by atoms with van der Waals surface area (Å²) in [5.74, 6) is -0.298. The molecule has 1 fully saturated rings. The number of aryl methyl sites for hydroxylation is 1. The van der Waals surface area contributed by atoms with Gasteiger partial charge in [-0.05, 0) is 71.2 Å². The van der Waals surface area contributed by atoms with Gasteiger partial charge >= 0.3 is 12.1 Å². The Bertz CT molecular complexity index is 644. The van der Waals surface area contributed by atoms with Crippen molar-refractivity contribution in [2.45, 2.75) is 59.1 Å². The molecule has 1 aromatic carbocycles. The SMILES string of the molecule is CCOC(=O)c1ccc(NC2CCN(C(=O)OC(C)(C)C)CC2)c(C)c1. The first kappa shape index (κ1) is 20.1. The van der Waals surface area contributed by atoms with Gasteiger partial charge in [0.2, 0.25) is 0 Å². The number of likely N-dealkylation sites (tertiary alicyclic amines) is 1. The fraction of sp³-hybridized carbons (Fsp3) is 0.600. The summed E-state index contributed by atoms with van der Waals surface area (Å²) >= 11 is 0. The Hall–Kier alpha value is -2.24. The van der Waals surface area contributed by atoms with Crippen LogP contribution in [0.5, 0.6) is 0 Å². The molecule has 1 heterocycles. The number of amides is 1. The third kappa shape index (κ3) is 5.64. The van der Waals surface area contributed by atoms with Crippen LogP contribution in [0.1, 0.15) is 56.5 Å². The summed E-state index contributed by atoms with van der Waals surface area (Å²) in [5.41, 5.74) is 2.11.